The van der Waals surface area contributed by atoms with Gasteiger partial charge in [0.1, 0.15) is 0 Å². The number of amides is 1. The molecule has 0 aliphatic carbocycles. The third-order valence-electron chi connectivity index (χ3n) is 7.66. The molecule has 0 aromatic heterocycles. The lowest BCUT2D eigenvalue weighted by atomic mass is 9.85. The van der Waals surface area contributed by atoms with Crippen LogP contribution >= 0.6 is 0 Å². The number of rotatable bonds is 4. The van der Waals surface area contributed by atoms with Crippen molar-refractivity contribution < 1.29 is 18.0 Å². The summed E-state index contributed by atoms with van der Waals surface area (Å²) in [5.41, 5.74) is 3.07. The van der Waals surface area contributed by atoms with E-state index < -0.39 is 11.7 Å². The van der Waals surface area contributed by atoms with E-state index in [0.29, 0.717) is 0 Å². The molecule has 4 rings (SSSR count). The van der Waals surface area contributed by atoms with E-state index in [-0.39, 0.29) is 17.5 Å². The first-order chi connectivity index (χ1) is 16.1. The van der Waals surface area contributed by atoms with Crippen LogP contribution in [0.4, 0.5) is 18.9 Å². The zero-order valence-electron chi connectivity index (χ0n) is 20.2. The van der Waals surface area contributed by atoms with Gasteiger partial charge < -0.3 is 10.2 Å². The van der Waals surface area contributed by atoms with Crippen molar-refractivity contribution in [3.05, 3.63) is 64.7 Å². The molecular formula is C27H34F3N3O. The van der Waals surface area contributed by atoms with Crippen molar-refractivity contribution in [3.63, 3.8) is 0 Å². The lowest BCUT2D eigenvalue weighted by Crippen LogP contribution is -2.57. The molecule has 4 nitrogen and oxygen atoms in total. The quantitative estimate of drug-likeness (QED) is 0.601. The van der Waals surface area contributed by atoms with Crippen molar-refractivity contribution in [3.8, 4) is 0 Å². The second-order valence-corrected chi connectivity index (χ2v) is 10.0. The summed E-state index contributed by atoms with van der Waals surface area (Å²) < 4.78 is 38.3. The van der Waals surface area contributed by atoms with E-state index in [1.807, 2.05) is 36.9 Å². The maximum atomic E-state index is 13.2. The minimum Gasteiger partial charge on any atom is -0.382 e. The zero-order chi connectivity index (χ0) is 24.5. The number of benzene rings is 2. The number of nitrogens with zero attached hydrogens (tertiary/aromatic N) is 2. The maximum absolute atomic E-state index is 13.2. The first-order valence-corrected chi connectivity index (χ1v) is 12.1. The molecule has 0 atom stereocenters. The number of anilines is 1. The highest BCUT2D eigenvalue weighted by Crippen LogP contribution is 2.33. The molecule has 0 radical (unpaired) electrons. The fourth-order valence-electron chi connectivity index (χ4n) is 5.37. The third kappa shape index (κ3) is 5.24. The van der Waals surface area contributed by atoms with Crippen molar-refractivity contribution in [2.75, 3.05) is 31.5 Å². The monoisotopic (exact) mass is 473 g/mol. The number of alkyl halides is 3. The van der Waals surface area contributed by atoms with Crippen LogP contribution in [-0.2, 0) is 6.18 Å². The van der Waals surface area contributed by atoms with E-state index in [2.05, 4.69) is 17.1 Å². The van der Waals surface area contributed by atoms with Crippen LogP contribution in [0.3, 0.4) is 0 Å². The van der Waals surface area contributed by atoms with Crippen LogP contribution in [0.5, 0.6) is 0 Å². The Hall–Kier alpha value is -2.54. The van der Waals surface area contributed by atoms with Crippen molar-refractivity contribution >= 4 is 11.6 Å². The topological polar surface area (TPSA) is 35.6 Å². The average molecular weight is 474 g/mol. The van der Waals surface area contributed by atoms with Gasteiger partial charge in [-0.1, -0.05) is 18.2 Å². The third-order valence-corrected chi connectivity index (χ3v) is 7.66. The second-order valence-electron chi connectivity index (χ2n) is 10.0. The SMILES string of the molecule is Cc1cccc(C)c1C(=O)N1CCC(C)(N2CCC(Nc3ccc(C(F)(F)F)cc3)CC2)CC1. The van der Waals surface area contributed by atoms with Crippen LogP contribution in [0.25, 0.3) is 0 Å². The molecule has 0 unspecified atom stereocenters. The summed E-state index contributed by atoms with van der Waals surface area (Å²) >= 11 is 0. The van der Waals surface area contributed by atoms with Crippen molar-refractivity contribution in [1.82, 2.24) is 9.80 Å². The van der Waals surface area contributed by atoms with Gasteiger partial charge in [0.25, 0.3) is 5.91 Å². The smallest absolute Gasteiger partial charge is 0.382 e. The van der Waals surface area contributed by atoms with Gasteiger partial charge in [-0.15, -0.1) is 0 Å². The molecule has 0 saturated carbocycles. The molecule has 1 N–H and O–H groups in total. The van der Waals surface area contributed by atoms with Crippen LogP contribution in [0.2, 0.25) is 0 Å². The highest BCUT2D eigenvalue weighted by Gasteiger charge is 2.39. The molecule has 2 saturated heterocycles. The van der Waals surface area contributed by atoms with Gasteiger partial charge >= 0.3 is 6.18 Å². The number of aryl methyl sites for hydroxylation is 2. The van der Waals surface area contributed by atoms with Gasteiger partial charge in [0.2, 0.25) is 0 Å². The zero-order valence-corrected chi connectivity index (χ0v) is 20.2. The lowest BCUT2D eigenvalue weighted by Gasteiger charge is -2.49. The van der Waals surface area contributed by atoms with Crippen molar-refractivity contribution in [2.45, 2.75) is 64.2 Å². The normalized spacial score (nSPS) is 19.8. The molecule has 2 aliphatic rings. The van der Waals surface area contributed by atoms with Gasteiger partial charge in [-0.2, -0.15) is 13.2 Å². The Balaban J connectivity index is 1.29. The first kappa shape index (κ1) is 24.6. The molecule has 184 valence electrons. The van der Waals surface area contributed by atoms with Gasteiger partial charge in [-0.05, 0) is 81.8 Å². The van der Waals surface area contributed by atoms with Crippen LogP contribution in [0.1, 0.15) is 59.7 Å². The van der Waals surface area contributed by atoms with Gasteiger partial charge in [0, 0.05) is 49.0 Å². The Morgan fingerprint density at radius 1 is 0.941 bits per heavy atom. The van der Waals surface area contributed by atoms with Gasteiger partial charge in [0.15, 0.2) is 0 Å². The Labute approximate surface area is 200 Å². The minimum absolute atomic E-state index is 0.0664. The van der Waals surface area contributed by atoms with Crippen LogP contribution < -0.4 is 5.32 Å². The standard InChI is InChI=1S/C27H34F3N3O/c1-19-5-4-6-20(2)24(19)25(34)32-17-13-26(3,14-18-32)33-15-11-23(12-16-33)31-22-9-7-21(8-10-22)27(28,29)30/h4-10,23,31H,11-18H2,1-3H3. The molecule has 34 heavy (non-hydrogen) atoms. The summed E-state index contributed by atoms with van der Waals surface area (Å²) in [6.07, 6.45) is -0.525. The summed E-state index contributed by atoms with van der Waals surface area (Å²) in [6.45, 7) is 9.70. The summed E-state index contributed by atoms with van der Waals surface area (Å²) in [7, 11) is 0. The van der Waals surface area contributed by atoms with E-state index in [1.165, 1.54) is 12.1 Å². The number of carbonyl (C=O) groups is 1. The minimum atomic E-state index is -4.31. The number of halogens is 3. The van der Waals surface area contributed by atoms with Crippen molar-refractivity contribution in [1.29, 1.82) is 0 Å². The van der Waals surface area contributed by atoms with E-state index in [1.54, 1.807) is 0 Å². The number of carbonyl (C=O) groups excluding carboxylic acids is 1. The predicted molar refractivity (Wildman–Crippen MR) is 129 cm³/mol. The molecule has 2 aromatic rings. The van der Waals surface area contributed by atoms with Gasteiger partial charge in [0.05, 0.1) is 5.56 Å². The Morgan fingerprint density at radius 2 is 1.50 bits per heavy atom. The maximum Gasteiger partial charge on any atom is 0.416 e. The number of hydrogen-bond donors (Lipinski definition) is 1. The van der Waals surface area contributed by atoms with E-state index in [0.717, 1.165) is 86.4 Å². The number of hydrogen-bond acceptors (Lipinski definition) is 3. The van der Waals surface area contributed by atoms with Crippen LogP contribution in [0.15, 0.2) is 42.5 Å². The van der Waals surface area contributed by atoms with E-state index in [9.17, 15) is 18.0 Å². The fourth-order valence-corrected chi connectivity index (χ4v) is 5.37. The number of nitrogens with one attached hydrogen (secondary N) is 1. The molecule has 2 fully saturated rings. The average Bonchev–Trinajstić information content (AvgIpc) is 2.79. The molecule has 2 aliphatic heterocycles. The summed E-state index contributed by atoms with van der Waals surface area (Å²) in [6, 6.07) is 11.5. The Kier molecular flexibility index (Phi) is 6.94. The first-order valence-electron chi connectivity index (χ1n) is 12.1. The number of likely N-dealkylation sites (tertiary alicyclic amines) is 2. The molecule has 0 bridgehead atoms. The number of piperidine rings is 2. The summed E-state index contributed by atoms with van der Waals surface area (Å²) in [4.78, 5) is 17.7. The predicted octanol–water partition coefficient (Wildman–Crippen LogP) is 5.89. The summed E-state index contributed by atoms with van der Waals surface area (Å²) in [5, 5.41) is 3.40. The molecule has 1 amide bonds. The largest absolute Gasteiger partial charge is 0.416 e. The molecule has 7 heteroatoms. The summed E-state index contributed by atoms with van der Waals surface area (Å²) in [5.74, 6) is 0.136. The van der Waals surface area contributed by atoms with E-state index in [4.69, 9.17) is 0 Å². The molecule has 2 aromatic carbocycles. The van der Waals surface area contributed by atoms with Gasteiger partial charge in [-0.3, -0.25) is 9.69 Å². The van der Waals surface area contributed by atoms with Crippen molar-refractivity contribution in [2.24, 2.45) is 0 Å². The second kappa shape index (κ2) is 9.61. The van der Waals surface area contributed by atoms with Crippen LogP contribution in [-0.4, -0.2) is 53.5 Å². The molecule has 2 heterocycles. The highest BCUT2D eigenvalue weighted by molar-refractivity contribution is 5.97. The Morgan fingerprint density at radius 3 is 2.03 bits per heavy atom. The molecular weight excluding hydrogens is 439 g/mol. The fraction of sp³-hybridized carbons (Fsp3) is 0.519. The van der Waals surface area contributed by atoms with E-state index >= 15 is 0 Å². The van der Waals surface area contributed by atoms with Gasteiger partial charge in [-0.25, -0.2) is 0 Å². The van der Waals surface area contributed by atoms with Crippen LogP contribution in [0, 0.1) is 13.8 Å². The lowest BCUT2D eigenvalue weighted by molar-refractivity contribution is -0.137. The Bertz CT molecular complexity index is 983. The highest BCUT2D eigenvalue weighted by atomic mass is 19.4. The molecule has 0 spiro atoms.